The Morgan fingerprint density at radius 3 is 1.63 bits per heavy atom. The van der Waals surface area contributed by atoms with Crippen molar-refractivity contribution >= 4 is 10.0 Å². The zero-order chi connectivity index (χ0) is 20.5. The molecule has 2 aromatic rings. The molecule has 2 N–H and O–H groups in total. The molecule has 0 radical (unpaired) electrons. The predicted octanol–water partition coefficient (Wildman–Crippen LogP) is 3.74. The number of aliphatic hydroxyl groups is 1. The molecule has 0 aliphatic heterocycles. The lowest BCUT2D eigenvalue weighted by Gasteiger charge is -2.14. The third-order valence-corrected chi connectivity index (χ3v) is 5.02. The number of aliphatic hydroxyl groups excluding tert-OH is 1. The first-order valence-corrected chi connectivity index (χ1v) is 8.81. The van der Waals surface area contributed by atoms with Crippen molar-refractivity contribution in [1.82, 2.24) is 4.72 Å². The van der Waals surface area contributed by atoms with E-state index in [1.807, 2.05) is 4.72 Å². The number of rotatable bonds is 5. The highest BCUT2D eigenvalue weighted by atomic mass is 32.2. The normalized spacial score (nSPS) is 14.2. The van der Waals surface area contributed by atoms with Crippen LogP contribution < -0.4 is 4.72 Å². The van der Waals surface area contributed by atoms with E-state index in [0.29, 0.717) is 12.1 Å². The van der Waals surface area contributed by atoms with Crippen molar-refractivity contribution < 1.29 is 39.9 Å². The van der Waals surface area contributed by atoms with Gasteiger partial charge in [-0.05, 0) is 42.0 Å². The van der Waals surface area contributed by atoms with Crippen LogP contribution >= 0.6 is 0 Å². The van der Waals surface area contributed by atoms with Crippen LogP contribution in [0.15, 0.2) is 53.4 Å². The smallest absolute Gasteiger partial charge is 0.387 e. The van der Waals surface area contributed by atoms with Gasteiger partial charge < -0.3 is 5.11 Å². The maximum Gasteiger partial charge on any atom is 0.416 e. The van der Waals surface area contributed by atoms with E-state index in [2.05, 4.69) is 0 Å². The molecular weight excluding hydrogens is 400 g/mol. The van der Waals surface area contributed by atoms with Crippen LogP contribution in [-0.2, 0) is 22.4 Å². The van der Waals surface area contributed by atoms with E-state index in [1.165, 1.54) is 0 Å². The number of halogens is 6. The molecule has 0 aliphatic rings. The lowest BCUT2D eigenvalue weighted by Crippen LogP contribution is -2.28. The standard InChI is InChI=1S/C16H13F6NO3S/c17-15(18,19)11-3-1-10(2-4-11)14(24)9-23-27(25,26)13-7-5-12(6-8-13)16(20,21)22/h1-8,14,23-24H,9H2. The third kappa shape index (κ3) is 5.44. The molecule has 1 atom stereocenters. The fourth-order valence-corrected chi connectivity index (χ4v) is 3.15. The minimum absolute atomic E-state index is 0.0399. The first kappa shape index (κ1) is 21.2. The molecule has 2 aromatic carbocycles. The molecule has 0 bridgehead atoms. The van der Waals surface area contributed by atoms with Gasteiger partial charge in [0.05, 0.1) is 22.1 Å². The quantitative estimate of drug-likeness (QED) is 0.734. The molecule has 148 valence electrons. The Kier molecular flexibility index (Phi) is 5.88. The summed E-state index contributed by atoms with van der Waals surface area (Å²) in [5.74, 6) is 0. The van der Waals surface area contributed by atoms with Crippen LogP contribution in [0, 0.1) is 0 Å². The predicted molar refractivity (Wildman–Crippen MR) is 83.0 cm³/mol. The van der Waals surface area contributed by atoms with Gasteiger partial charge in [-0.2, -0.15) is 26.3 Å². The summed E-state index contributed by atoms with van der Waals surface area (Å²) in [6.45, 7) is -0.575. The summed E-state index contributed by atoms with van der Waals surface area (Å²) in [6, 6.07) is 6.19. The SMILES string of the molecule is O=S(=O)(NCC(O)c1ccc(C(F)(F)F)cc1)c1ccc(C(F)(F)F)cc1. The first-order chi connectivity index (χ1) is 12.3. The molecule has 0 fully saturated rings. The second-order valence-electron chi connectivity index (χ2n) is 5.51. The highest BCUT2D eigenvalue weighted by Gasteiger charge is 2.31. The van der Waals surface area contributed by atoms with Crippen molar-refractivity contribution in [3.05, 3.63) is 65.2 Å². The van der Waals surface area contributed by atoms with E-state index in [4.69, 9.17) is 0 Å². The maximum atomic E-state index is 12.5. The van der Waals surface area contributed by atoms with Gasteiger partial charge in [-0.15, -0.1) is 0 Å². The van der Waals surface area contributed by atoms with Gasteiger partial charge in [0.25, 0.3) is 0 Å². The monoisotopic (exact) mass is 413 g/mol. The van der Waals surface area contributed by atoms with Crippen molar-refractivity contribution in [2.24, 2.45) is 0 Å². The summed E-state index contributed by atoms with van der Waals surface area (Å²) in [6.07, 6.45) is -10.6. The number of benzene rings is 2. The van der Waals surface area contributed by atoms with Gasteiger partial charge in [-0.25, -0.2) is 13.1 Å². The Morgan fingerprint density at radius 2 is 1.22 bits per heavy atom. The van der Waals surface area contributed by atoms with Crippen LogP contribution in [0.5, 0.6) is 0 Å². The Morgan fingerprint density at radius 1 is 0.815 bits per heavy atom. The van der Waals surface area contributed by atoms with Crippen LogP contribution in [0.2, 0.25) is 0 Å². The summed E-state index contributed by atoms with van der Waals surface area (Å²) < 4.78 is 101. The highest BCUT2D eigenvalue weighted by molar-refractivity contribution is 7.89. The first-order valence-electron chi connectivity index (χ1n) is 7.33. The molecule has 0 saturated heterocycles. The molecule has 2 rings (SSSR count). The highest BCUT2D eigenvalue weighted by Crippen LogP contribution is 2.31. The van der Waals surface area contributed by atoms with Gasteiger partial charge >= 0.3 is 12.4 Å². The van der Waals surface area contributed by atoms with Crippen molar-refractivity contribution in [2.45, 2.75) is 23.4 Å². The van der Waals surface area contributed by atoms with Crippen LogP contribution in [0.4, 0.5) is 26.3 Å². The summed E-state index contributed by atoms with van der Waals surface area (Å²) in [5.41, 5.74) is -1.91. The number of sulfonamides is 1. The summed E-state index contributed by atoms with van der Waals surface area (Å²) in [5, 5.41) is 9.92. The molecule has 1 unspecified atom stereocenters. The van der Waals surface area contributed by atoms with Crippen molar-refractivity contribution in [1.29, 1.82) is 0 Å². The molecule has 0 amide bonds. The second kappa shape index (κ2) is 7.49. The van der Waals surface area contributed by atoms with E-state index in [0.717, 1.165) is 36.4 Å². The molecule has 0 saturated carbocycles. The van der Waals surface area contributed by atoms with Gasteiger partial charge in [0.2, 0.25) is 10.0 Å². The topological polar surface area (TPSA) is 66.4 Å². The molecule has 0 heterocycles. The number of hydrogen-bond acceptors (Lipinski definition) is 3. The van der Waals surface area contributed by atoms with Crippen LogP contribution in [0.25, 0.3) is 0 Å². The van der Waals surface area contributed by atoms with Crippen LogP contribution in [-0.4, -0.2) is 20.1 Å². The average molecular weight is 413 g/mol. The third-order valence-electron chi connectivity index (χ3n) is 3.58. The van der Waals surface area contributed by atoms with Crippen molar-refractivity contribution in [2.75, 3.05) is 6.54 Å². The van der Waals surface area contributed by atoms with E-state index in [1.54, 1.807) is 0 Å². The molecule has 27 heavy (non-hydrogen) atoms. The van der Waals surface area contributed by atoms with E-state index < -0.39 is 51.0 Å². The minimum atomic E-state index is -4.62. The van der Waals surface area contributed by atoms with E-state index in [-0.39, 0.29) is 5.56 Å². The molecule has 0 aliphatic carbocycles. The van der Waals surface area contributed by atoms with Gasteiger partial charge in [0.1, 0.15) is 0 Å². The molecule has 0 aromatic heterocycles. The van der Waals surface area contributed by atoms with E-state index in [9.17, 15) is 39.9 Å². The fourth-order valence-electron chi connectivity index (χ4n) is 2.11. The Hall–Kier alpha value is -2.11. The Labute approximate surface area is 150 Å². The number of nitrogens with one attached hydrogen (secondary N) is 1. The Bertz CT molecular complexity index is 874. The van der Waals surface area contributed by atoms with Crippen molar-refractivity contribution in [3.63, 3.8) is 0 Å². The lowest BCUT2D eigenvalue weighted by molar-refractivity contribution is -0.138. The number of alkyl halides is 6. The summed E-state index contributed by atoms with van der Waals surface area (Å²) in [7, 11) is -4.21. The van der Waals surface area contributed by atoms with Gasteiger partial charge in [0, 0.05) is 6.54 Å². The largest absolute Gasteiger partial charge is 0.416 e. The second-order valence-corrected chi connectivity index (χ2v) is 7.28. The summed E-state index contributed by atoms with van der Waals surface area (Å²) >= 11 is 0. The summed E-state index contributed by atoms with van der Waals surface area (Å²) in [4.78, 5) is -0.449. The zero-order valence-corrected chi connectivity index (χ0v) is 14.2. The average Bonchev–Trinajstić information content (AvgIpc) is 2.58. The van der Waals surface area contributed by atoms with Gasteiger partial charge in [-0.1, -0.05) is 12.1 Å². The number of hydrogen-bond donors (Lipinski definition) is 2. The molecule has 11 heteroatoms. The van der Waals surface area contributed by atoms with Crippen LogP contribution in [0.3, 0.4) is 0 Å². The fraction of sp³-hybridized carbons (Fsp3) is 0.250. The Balaban J connectivity index is 2.06. The zero-order valence-electron chi connectivity index (χ0n) is 13.3. The van der Waals surface area contributed by atoms with E-state index >= 15 is 0 Å². The minimum Gasteiger partial charge on any atom is -0.387 e. The molecular formula is C16H13F6NO3S. The van der Waals surface area contributed by atoms with Crippen LogP contribution in [0.1, 0.15) is 22.8 Å². The maximum absolute atomic E-state index is 12.5. The van der Waals surface area contributed by atoms with Gasteiger partial charge in [0.15, 0.2) is 0 Å². The van der Waals surface area contributed by atoms with Crippen molar-refractivity contribution in [3.8, 4) is 0 Å². The molecule has 4 nitrogen and oxygen atoms in total. The van der Waals surface area contributed by atoms with Gasteiger partial charge in [-0.3, -0.25) is 0 Å². The lowest BCUT2D eigenvalue weighted by atomic mass is 10.1. The molecule has 0 spiro atoms.